The minimum absolute atomic E-state index is 0.104. The van der Waals surface area contributed by atoms with Gasteiger partial charge in [0.25, 0.3) is 0 Å². The Kier molecular flexibility index (Phi) is 8.88. The molecule has 0 aliphatic carbocycles. The molecule has 0 saturated carbocycles. The summed E-state index contributed by atoms with van der Waals surface area (Å²) in [5, 5.41) is 3.27. The van der Waals surface area contributed by atoms with Crippen molar-refractivity contribution in [3.63, 3.8) is 0 Å². The van der Waals surface area contributed by atoms with Crippen molar-refractivity contribution in [2.75, 3.05) is 26.0 Å². The second-order valence-corrected chi connectivity index (χ2v) is 5.56. The maximum Gasteiger partial charge on any atom is 0.137 e. The van der Waals surface area contributed by atoms with E-state index >= 15 is 0 Å². The number of methoxy groups -OCH3 is 1. The van der Waals surface area contributed by atoms with Gasteiger partial charge in [-0.2, -0.15) is 0 Å². The van der Waals surface area contributed by atoms with E-state index in [1.165, 1.54) is 12.8 Å². The second kappa shape index (κ2) is 10.2. The van der Waals surface area contributed by atoms with Crippen molar-refractivity contribution in [1.29, 1.82) is 0 Å². The van der Waals surface area contributed by atoms with Crippen molar-refractivity contribution >= 4 is 11.8 Å². The van der Waals surface area contributed by atoms with E-state index in [1.54, 1.807) is 31.0 Å². The molecule has 0 fully saturated rings. The molecule has 1 rings (SSSR count). The van der Waals surface area contributed by atoms with Gasteiger partial charge >= 0.3 is 0 Å². The van der Waals surface area contributed by atoms with Crippen molar-refractivity contribution in [3.8, 4) is 0 Å². The highest BCUT2D eigenvalue weighted by Crippen LogP contribution is 2.27. The van der Waals surface area contributed by atoms with Crippen LogP contribution in [-0.2, 0) is 11.3 Å². The molecule has 0 heterocycles. The van der Waals surface area contributed by atoms with Crippen molar-refractivity contribution in [1.82, 2.24) is 5.32 Å². The van der Waals surface area contributed by atoms with Crippen molar-refractivity contribution in [2.45, 2.75) is 37.6 Å². The van der Waals surface area contributed by atoms with Gasteiger partial charge in [-0.1, -0.05) is 31.9 Å². The summed E-state index contributed by atoms with van der Waals surface area (Å²) in [6.07, 6.45) is 3.55. The van der Waals surface area contributed by atoms with E-state index in [0.717, 1.165) is 29.2 Å². The molecule has 19 heavy (non-hydrogen) atoms. The summed E-state index contributed by atoms with van der Waals surface area (Å²) in [6.45, 7) is 4.33. The first kappa shape index (κ1) is 16.5. The van der Waals surface area contributed by atoms with Crippen LogP contribution in [0.3, 0.4) is 0 Å². The molecular weight excluding hydrogens is 261 g/mol. The average molecular weight is 285 g/mol. The highest BCUT2D eigenvalue weighted by Gasteiger charge is 2.08. The monoisotopic (exact) mass is 285 g/mol. The summed E-state index contributed by atoms with van der Waals surface area (Å²) in [5.74, 6) is 0.882. The quantitative estimate of drug-likeness (QED) is 0.521. The summed E-state index contributed by atoms with van der Waals surface area (Å²) in [6, 6.07) is 5.31. The standard InChI is InChI=1S/C15H24FNOS/c1-3-4-5-11-19-15-13(7-6-8-14(15)16)12-17-9-10-18-2/h6-8,17H,3-5,9-12H2,1-2H3. The highest BCUT2D eigenvalue weighted by molar-refractivity contribution is 7.99. The molecule has 0 spiro atoms. The Labute approximate surface area is 120 Å². The predicted molar refractivity (Wildman–Crippen MR) is 80.2 cm³/mol. The summed E-state index contributed by atoms with van der Waals surface area (Å²) in [7, 11) is 1.68. The molecule has 0 bridgehead atoms. The molecule has 0 aliphatic heterocycles. The summed E-state index contributed by atoms with van der Waals surface area (Å²) in [5.41, 5.74) is 1.04. The number of rotatable bonds is 10. The normalized spacial score (nSPS) is 10.9. The topological polar surface area (TPSA) is 21.3 Å². The second-order valence-electron chi connectivity index (χ2n) is 4.45. The lowest BCUT2D eigenvalue weighted by Gasteiger charge is -2.11. The molecule has 0 saturated heterocycles. The van der Waals surface area contributed by atoms with Gasteiger partial charge < -0.3 is 10.1 Å². The first-order chi connectivity index (χ1) is 9.29. The molecular formula is C15H24FNOS. The van der Waals surface area contributed by atoms with Gasteiger partial charge in [-0.05, 0) is 23.8 Å². The van der Waals surface area contributed by atoms with Gasteiger partial charge in [-0.25, -0.2) is 4.39 Å². The molecule has 108 valence electrons. The number of hydrogen-bond donors (Lipinski definition) is 1. The van der Waals surface area contributed by atoms with Crippen LogP contribution in [0.15, 0.2) is 23.1 Å². The van der Waals surface area contributed by atoms with E-state index in [1.807, 2.05) is 6.07 Å². The Bertz CT molecular complexity index is 360. The van der Waals surface area contributed by atoms with Crippen LogP contribution in [-0.4, -0.2) is 26.0 Å². The van der Waals surface area contributed by atoms with Crippen LogP contribution in [0.5, 0.6) is 0 Å². The molecule has 0 aliphatic rings. The fourth-order valence-corrected chi connectivity index (χ4v) is 2.86. The minimum Gasteiger partial charge on any atom is -0.383 e. The number of nitrogens with one attached hydrogen (secondary N) is 1. The molecule has 0 amide bonds. The zero-order valence-corrected chi connectivity index (χ0v) is 12.7. The number of unbranched alkanes of at least 4 members (excludes halogenated alkanes) is 2. The first-order valence-corrected chi connectivity index (χ1v) is 7.88. The van der Waals surface area contributed by atoms with Gasteiger partial charge in [-0.15, -0.1) is 11.8 Å². The van der Waals surface area contributed by atoms with Crippen molar-refractivity contribution in [3.05, 3.63) is 29.6 Å². The summed E-state index contributed by atoms with van der Waals surface area (Å²) < 4.78 is 18.8. The van der Waals surface area contributed by atoms with Crippen LogP contribution in [0.25, 0.3) is 0 Å². The lowest BCUT2D eigenvalue weighted by molar-refractivity contribution is 0.199. The molecule has 0 atom stereocenters. The highest BCUT2D eigenvalue weighted by atomic mass is 32.2. The predicted octanol–water partition coefficient (Wildman–Crippen LogP) is 3.84. The van der Waals surface area contributed by atoms with Crippen LogP contribution in [0.2, 0.25) is 0 Å². The van der Waals surface area contributed by atoms with E-state index in [-0.39, 0.29) is 5.82 Å². The molecule has 0 aromatic heterocycles. The van der Waals surface area contributed by atoms with Crippen LogP contribution in [0.1, 0.15) is 31.7 Å². The third-order valence-corrected chi connectivity index (χ3v) is 4.08. The van der Waals surface area contributed by atoms with E-state index < -0.39 is 0 Å². The van der Waals surface area contributed by atoms with Gasteiger partial charge in [-0.3, -0.25) is 0 Å². The first-order valence-electron chi connectivity index (χ1n) is 6.89. The molecule has 0 unspecified atom stereocenters. The fraction of sp³-hybridized carbons (Fsp3) is 0.600. The van der Waals surface area contributed by atoms with Gasteiger partial charge in [0.15, 0.2) is 0 Å². The zero-order chi connectivity index (χ0) is 13.9. The average Bonchev–Trinajstić information content (AvgIpc) is 2.42. The van der Waals surface area contributed by atoms with Crippen LogP contribution in [0.4, 0.5) is 4.39 Å². The van der Waals surface area contributed by atoms with Crippen LogP contribution in [0, 0.1) is 5.82 Å². The Morgan fingerprint density at radius 1 is 1.32 bits per heavy atom. The Hall–Kier alpha value is -0.580. The lowest BCUT2D eigenvalue weighted by Crippen LogP contribution is -2.19. The zero-order valence-electron chi connectivity index (χ0n) is 11.9. The maximum atomic E-state index is 13.9. The smallest absolute Gasteiger partial charge is 0.137 e. The largest absolute Gasteiger partial charge is 0.383 e. The third-order valence-electron chi connectivity index (χ3n) is 2.84. The van der Waals surface area contributed by atoms with Gasteiger partial charge in [0.1, 0.15) is 5.82 Å². The number of ether oxygens (including phenoxy) is 1. The van der Waals surface area contributed by atoms with Crippen LogP contribution >= 0.6 is 11.8 Å². The molecule has 1 N–H and O–H groups in total. The third kappa shape index (κ3) is 6.41. The molecule has 1 aromatic carbocycles. The Balaban J connectivity index is 2.51. The molecule has 2 nitrogen and oxygen atoms in total. The van der Waals surface area contributed by atoms with Crippen molar-refractivity contribution < 1.29 is 9.13 Å². The van der Waals surface area contributed by atoms with E-state index in [4.69, 9.17) is 4.74 Å². The Morgan fingerprint density at radius 2 is 2.16 bits per heavy atom. The van der Waals surface area contributed by atoms with Gasteiger partial charge in [0, 0.05) is 25.1 Å². The van der Waals surface area contributed by atoms with Gasteiger partial charge in [0.2, 0.25) is 0 Å². The van der Waals surface area contributed by atoms with E-state index in [0.29, 0.717) is 13.2 Å². The van der Waals surface area contributed by atoms with Crippen LogP contribution < -0.4 is 5.32 Å². The molecule has 0 radical (unpaired) electrons. The van der Waals surface area contributed by atoms with Crippen molar-refractivity contribution in [2.24, 2.45) is 0 Å². The SMILES string of the molecule is CCCCCSc1c(F)cccc1CNCCOC. The van der Waals surface area contributed by atoms with Gasteiger partial charge in [0.05, 0.1) is 6.61 Å². The van der Waals surface area contributed by atoms with E-state index in [9.17, 15) is 4.39 Å². The fourth-order valence-electron chi connectivity index (χ4n) is 1.78. The summed E-state index contributed by atoms with van der Waals surface area (Å²) in [4.78, 5) is 0.795. The number of benzene rings is 1. The summed E-state index contributed by atoms with van der Waals surface area (Å²) >= 11 is 1.63. The number of halogens is 1. The Morgan fingerprint density at radius 3 is 2.89 bits per heavy atom. The maximum absolute atomic E-state index is 13.9. The lowest BCUT2D eigenvalue weighted by atomic mass is 10.2. The molecule has 4 heteroatoms. The molecule has 1 aromatic rings. The number of thioether (sulfide) groups is 1. The minimum atomic E-state index is -0.104. The van der Waals surface area contributed by atoms with E-state index in [2.05, 4.69) is 12.2 Å². The number of hydrogen-bond acceptors (Lipinski definition) is 3.